The monoisotopic (exact) mass is 267 g/mol. The average molecular weight is 267 g/mol. The highest BCUT2D eigenvalue weighted by atomic mass is 19.1. The molecule has 0 bridgehead atoms. The number of hydrogen-bond donors (Lipinski definition) is 1. The Hall–Kier alpha value is -1.16. The number of halogens is 1. The summed E-state index contributed by atoms with van der Waals surface area (Å²) in [5, 5.41) is 3.25. The fraction of sp³-hybridized carbons (Fsp3) is 0.667. The minimum absolute atomic E-state index is 0.183. The summed E-state index contributed by atoms with van der Waals surface area (Å²) in [5.74, 6) is 0.310. The topological polar surface area (TPSA) is 28.2 Å². The first kappa shape index (κ1) is 15.9. The molecule has 1 aromatic rings. The summed E-state index contributed by atoms with van der Waals surface area (Å²) in [7, 11) is 0. The van der Waals surface area contributed by atoms with E-state index < -0.39 is 0 Å². The molecule has 0 radical (unpaired) electrons. The molecule has 19 heavy (non-hydrogen) atoms. The van der Waals surface area contributed by atoms with Gasteiger partial charge in [-0.1, -0.05) is 27.7 Å². The van der Waals surface area contributed by atoms with Gasteiger partial charge in [0.15, 0.2) is 11.6 Å². The molecule has 0 amide bonds. The van der Waals surface area contributed by atoms with Gasteiger partial charge in [0, 0.05) is 37.4 Å². The first-order chi connectivity index (χ1) is 9.10. The van der Waals surface area contributed by atoms with E-state index in [9.17, 15) is 4.39 Å². The minimum atomic E-state index is -0.183. The summed E-state index contributed by atoms with van der Waals surface area (Å²) in [6, 6.07) is 2.10. The van der Waals surface area contributed by atoms with Gasteiger partial charge in [-0.2, -0.15) is 0 Å². The summed E-state index contributed by atoms with van der Waals surface area (Å²) < 4.78 is 14.5. The van der Waals surface area contributed by atoms with Gasteiger partial charge < -0.3 is 10.2 Å². The quantitative estimate of drug-likeness (QED) is 0.783. The van der Waals surface area contributed by atoms with Crippen LogP contribution in [-0.2, 0) is 6.54 Å². The zero-order valence-corrected chi connectivity index (χ0v) is 12.5. The third kappa shape index (κ3) is 4.78. The molecule has 0 atom stereocenters. The summed E-state index contributed by atoms with van der Waals surface area (Å²) in [6.07, 6.45) is 3.69. The van der Waals surface area contributed by atoms with Crippen LogP contribution in [0.25, 0.3) is 0 Å². The lowest BCUT2D eigenvalue weighted by Gasteiger charge is -2.23. The lowest BCUT2D eigenvalue weighted by Crippen LogP contribution is -2.28. The van der Waals surface area contributed by atoms with Crippen LogP contribution in [0.5, 0.6) is 0 Å². The molecule has 0 aliphatic heterocycles. The highest BCUT2D eigenvalue weighted by Gasteiger charge is 2.15. The van der Waals surface area contributed by atoms with Crippen LogP contribution in [0, 0.1) is 5.82 Å². The number of nitrogens with zero attached hydrogens (tertiary/aromatic N) is 2. The first-order valence-corrected chi connectivity index (χ1v) is 7.21. The van der Waals surface area contributed by atoms with E-state index in [0.29, 0.717) is 24.0 Å². The minimum Gasteiger partial charge on any atom is -0.354 e. The molecule has 1 rings (SSSR count). The van der Waals surface area contributed by atoms with Gasteiger partial charge in [0.25, 0.3) is 0 Å². The van der Waals surface area contributed by atoms with Crippen molar-refractivity contribution in [2.24, 2.45) is 0 Å². The van der Waals surface area contributed by atoms with E-state index in [-0.39, 0.29) is 5.82 Å². The summed E-state index contributed by atoms with van der Waals surface area (Å²) >= 11 is 0. The van der Waals surface area contributed by atoms with Crippen LogP contribution in [0.2, 0.25) is 0 Å². The Morgan fingerprint density at radius 2 is 1.89 bits per heavy atom. The van der Waals surface area contributed by atoms with Crippen LogP contribution >= 0.6 is 0 Å². The highest BCUT2D eigenvalue weighted by molar-refractivity contribution is 5.43. The Balaban J connectivity index is 2.90. The third-order valence-corrected chi connectivity index (χ3v) is 2.94. The molecule has 0 saturated heterocycles. The van der Waals surface area contributed by atoms with E-state index >= 15 is 0 Å². The summed E-state index contributed by atoms with van der Waals surface area (Å²) in [5.41, 5.74) is 0.691. The van der Waals surface area contributed by atoms with Crippen molar-refractivity contribution in [2.45, 2.75) is 53.1 Å². The van der Waals surface area contributed by atoms with E-state index in [1.165, 1.54) is 0 Å². The maximum absolute atomic E-state index is 14.5. The fourth-order valence-electron chi connectivity index (χ4n) is 2.01. The lowest BCUT2D eigenvalue weighted by atomic mass is 10.2. The third-order valence-electron chi connectivity index (χ3n) is 2.94. The molecule has 0 aliphatic carbocycles. The van der Waals surface area contributed by atoms with Crippen molar-refractivity contribution in [3.05, 3.63) is 23.6 Å². The second kappa shape index (κ2) is 8.10. The van der Waals surface area contributed by atoms with Gasteiger partial charge in [-0.25, -0.2) is 9.37 Å². The van der Waals surface area contributed by atoms with Crippen LogP contribution in [-0.4, -0.2) is 24.1 Å². The number of anilines is 1. The number of pyridine rings is 1. The number of nitrogens with one attached hydrogen (secondary N) is 1. The van der Waals surface area contributed by atoms with Crippen LogP contribution in [0.1, 0.15) is 46.1 Å². The Morgan fingerprint density at radius 1 is 1.26 bits per heavy atom. The van der Waals surface area contributed by atoms with Crippen LogP contribution < -0.4 is 10.2 Å². The summed E-state index contributed by atoms with van der Waals surface area (Å²) in [4.78, 5) is 6.26. The predicted molar refractivity (Wildman–Crippen MR) is 79.0 cm³/mol. The van der Waals surface area contributed by atoms with E-state index in [2.05, 4.69) is 38.0 Å². The normalized spacial score (nSPS) is 11.1. The van der Waals surface area contributed by atoms with Crippen molar-refractivity contribution in [1.29, 1.82) is 0 Å². The Morgan fingerprint density at radius 3 is 2.42 bits per heavy atom. The number of hydrogen-bond acceptors (Lipinski definition) is 3. The van der Waals surface area contributed by atoms with Crippen LogP contribution in [0.3, 0.4) is 0 Å². The number of aromatic nitrogens is 1. The molecule has 108 valence electrons. The summed E-state index contributed by atoms with van der Waals surface area (Å²) in [6.45, 7) is 10.6. The fourth-order valence-corrected chi connectivity index (χ4v) is 2.01. The SMILES string of the molecule is CCCN(CCC)c1nccc(CNC(C)C)c1F. The first-order valence-electron chi connectivity index (χ1n) is 7.21. The molecule has 0 aromatic carbocycles. The van der Waals surface area contributed by atoms with Crippen molar-refractivity contribution >= 4 is 5.82 Å². The second-order valence-corrected chi connectivity index (χ2v) is 5.13. The maximum atomic E-state index is 14.5. The van der Waals surface area contributed by atoms with Gasteiger partial charge in [-0.05, 0) is 18.9 Å². The van der Waals surface area contributed by atoms with Gasteiger partial charge in [-0.3, -0.25) is 0 Å². The van der Waals surface area contributed by atoms with Crippen molar-refractivity contribution in [1.82, 2.24) is 10.3 Å². The van der Waals surface area contributed by atoms with E-state index in [4.69, 9.17) is 0 Å². The largest absolute Gasteiger partial charge is 0.354 e. The van der Waals surface area contributed by atoms with Crippen molar-refractivity contribution < 1.29 is 4.39 Å². The highest BCUT2D eigenvalue weighted by Crippen LogP contribution is 2.20. The number of rotatable bonds is 8. The molecule has 0 saturated carbocycles. The standard InChI is InChI=1S/C15H26FN3/c1-5-9-19(10-6-2)15-14(16)13(7-8-17-15)11-18-12(3)4/h7-8,12,18H,5-6,9-11H2,1-4H3. The molecule has 1 heterocycles. The molecule has 0 spiro atoms. The molecular formula is C15H26FN3. The molecular weight excluding hydrogens is 241 g/mol. The van der Waals surface area contributed by atoms with Crippen LogP contribution in [0.15, 0.2) is 12.3 Å². The zero-order valence-electron chi connectivity index (χ0n) is 12.5. The van der Waals surface area contributed by atoms with Gasteiger partial charge >= 0.3 is 0 Å². The molecule has 4 heteroatoms. The molecule has 0 fully saturated rings. The Labute approximate surface area is 116 Å². The molecule has 1 N–H and O–H groups in total. The molecule has 1 aromatic heterocycles. The molecule has 0 unspecified atom stereocenters. The van der Waals surface area contributed by atoms with E-state index in [1.54, 1.807) is 12.3 Å². The molecule has 3 nitrogen and oxygen atoms in total. The Kier molecular flexibility index (Phi) is 6.78. The van der Waals surface area contributed by atoms with Gasteiger partial charge in [0.1, 0.15) is 0 Å². The van der Waals surface area contributed by atoms with Gasteiger partial charge in [0.05, 0.1) is 0 Å². The van der Waals surface area contributed by atoms with Crippen molar-refractivity contribution in [2.75, 3.05) is 18.0 Å². The molecule has 0 aliphatic rings. The van der Waals surface area contributed by atoms with Gasteiger partial charge in [-0.15, -0.1) is 0 Å². The smallest absolute Gasteiger partial charge is 0.170 e. The van der Waals surface area contributed by atoms with Crippen LogP contribution in [0.4, 0.5) is 10.2 Å². The van der Waals surface area contributed by atoms with Crippen molar-refractivity contribution in [3.8, 4) is 0 Å². The van der Waals surface area contributed by atoms with E-state index in [1.807, 2.05) is 4.90 Å². The van der Waals surface area contributed by atoms with Gasteiger partial charge in [0.2, 0.25) is 0 Å². The Bertz CT molecular complexity index is 374. The lowest BCUT2D eigenvalue weighted by molar-refractivity contribution is 0.545. The average Bonchev–Trinajstić information content (AvgIpc) is 2.37. The van der Waals surface area contributed by atoms with Crippen molar-refractivity contribution in [3.63, 3.8) is 0 Å². The maximum Gasteiger partial charge on any atom is 0.170 e. The predicted octanol–water partition coefficient (Wildman–Crippen LogP) is 3.35. The zero-order chi connectivity index (χ0) is 14.3. The second-order valence-electron chi connectivity index (χ2n) is 5.13. The van der Waals surface area contributed by atoms with E-state index in [0.717, 1.165) is 25.9 Å².